The number of aromatic nitrogens is 3. The molecule has 0 aliphatic carbocycles. The van der Waals surface area contributed by atoms with Crippen LogP contribution in [-0.4, -0.2) is 75.4 Å². The van der Waals surface area contributed by atoms with E-state index in [0.717, 1.165) is 0 Å². The number of halogens is 2. The first kappa shape index (κ1) is 26.7. The van der Waals surface area contributed by atoms with Crippen LogP contribution in [-0.2, 0) is 31.6 Å². The number of phosphoric ester groups is 1. The van der Waals surface area contributed by atoms with Gasteiger partial charge in [-0.3, -0.25) is 13.9 Å². The van der Waals surface area contributed by atoms with Gasteiger partial charge in [-0.2, -0.15) is 8.62 Å². The lowest BCUT2D eigenvalue weighted by Crippen LogP contribution is -2.46. The maximum atomic E-state index is 14.6. The van der Waals surface area contributed by atoms with Crippen LogP contribution in [0.2, 0.25) is 0 Å². The molecule has 22 heteroatoms. The standard InChI is InChI=1S/C15H18F2N3O14P3/c1-7-18-12-10(13(22)19-7)8(17)5-20(12)14-15(23,3-2-4-16)11(21)9(32-14)6-31-36(27,28)34-37(29,30)33-35(24,25)26/h5,9,11,14,21,23H,4,6H2,1H3,(H,27,28)(H,29,30)(H,18,19,22)(H2,24,25,26)/t9-,11+,14-,15?/m1/s1/i6D2. The van der Waals surface area contributed by atoms with E-state index < -0.39 is 83.1 Å². The van der Waals surface area contributed by atoms with Crippen molar-refractivity contribution in [3.05, 3.63) is 28.2 Å². The maximum absolute atomic E-state index is 14.6. The monoisotopic (exact) mass is 597 g/mol. The molecule has 0 saturated carbocycles. The van der Waals surface area contributed by atoms with Gasteiger partial charge in [0.25, 0.3) is 5.56 Å². The quantitative estimate of drug-likeness (QED) is 0.149. The summed E-state index contributed by atoms with van der Waals surface area (Å²) in [5, 5.41) is 21.2. The molecule has 1 aliphatic rings. The molecule has 1 fully saturated rings. The molecule has 3 rings (SSSR count). The van der Waals surface area contributed by atoms with Crippen molar-refractivity contribution in [2.24, 2.45) is 0 Å². The molecule has 17 nitrogen and oxygen atoms in total. The van der Waals surface area contributed by atoms with Crippen molar-refractivity contribution < 1.29 is 72.9 Å². The molecular weight excluding hydrogens is 577 g/mol. The van der Waals surface area contributed by atoms with Crippen LogP contribution in [0, 0.1) is 24.6 Å². The SMILES string of the molecule is [2H]C([2H])(OP(=O)(O)OP(=O)(O)OP(=O)(O)O)[C@H]1O[C@@H](n2cc(F)c3c(=O)[nH]c(C)nc32)C(O)(C#CCF)[C@H]1O. The summed E-state index contributed by atoms with van der Waals surface area (Å²) in [5.41, 5.74) is -4.54. The molecule has 6 atom stereocenters. The van der Waals surface area contributed by atoms with Gasteiger partial charge in [-0.1, -0.05) is 11.8 Å². The molecule has 0 aromatic carbocycles. The Bertz CT molecular complexity index is 1550. The van der Waals surface area contributed by atoms with E-state index in [1.807, 2.05) is 5.92 Å². The molecule has 1 saturated heterocycles. The van der Waals surface area contributed by atoms with Gasteiger partial charge >= 0.3 is 23.5 Å². The van der Waals surface area contributed by atoms with Crippen LogP contribution < -0.4 is 5.56 Å². The highest BCUT2D eigenvalue weighted by molar-refractivity contribution is 7.66. The van der Waals surface area contributed by atoms with Crippen LogP contribution in [0.4, 0.5) is 8.78 Å². The molecule has 37 heavy (non-hydrogen) atoms. The van der Waals surface area contributed by atoms with Gasteiger partial charge in [0.1, 0.15) is 30.1 Å². The van der Waals surface area contributed by atoms with Gasteiger partial charge in [0.2, 0.25) is 0 Å². The number of aryl methyl sites for hydroxylation is 1. The van der Waals surface area contributed by atoms with Crippen molar-refractivity contribution in [2.75, 3.05) is 13.2 Å². The number of aliphatic hydroxyl groups excluding tert-OH is 1. The van der Waals surface area contributed by atoms with Gasteiger partial charge in [0.05, 0.1) is 9.30 Å². The van der Waals surface area contributed by atoms with E-state index in [2.05, 4.69) is 23.1 Å². The van der Waals surface area contributed by atoms with E-state index in [0.29, 0.717) is 10.8 Å². The van der Waals surface area contributed by atoms with Crippen LogP contribution in [0.15, 0.2) is 11.0 Å². The van der Waals surface area contributed by atoms with E-state index in [1.54, 1.807) is 5.92 Å². The average Bonchev–Trinajstić information content (AvgIpc) is 3.17. The molecule has 0 bridgehead atoms. The summed E-state index contributed by atoms with van der Waals surface area (Å²) in [6.45, 7) is -3.92. The minimum atomic E-state index is -6.15. The normalized spacial score (nSPS) is 28.6. The second kappa shape index (κ2) is 10.4. The summed E-state index contributed by atoms with van der Waals surface area (Å²) < 4.78 is 94.7. The number of ether oxygens (including phenoxy) is 1. The summed E-state index contributed by atoms with van der Waals surface area (Å²) in [6.07, 6.45) is -6.87. The van der Waals surface area contributed by atoms with Crippen molar-refractivity contribution in [1.29, 1.82) is 0 Å². The number of aromatic amines is 1. The largest absolute Gasteiger partial charge is 0.490 e. The molecule has 1 aliphatic heterocycles. The number of H-pyrrole nitrogens is 1. The summed E-state index contributed by atoms with van der Waals surface area (Å²) in [6, 6.07) is 0. The number of nitrogens with zero attached hydrogens (tertiary/aromatic N) is 2. The Hall–Kier alpha value is -1.87. The van der Waals surface area contributed by atoms with Gasteiger partial charge in [0, 0.05) is 6.20 Å². The number of phosphoric acid groups is 3. The van der Waals surface area contributed by atoms with Gasteiger partial charge in [-0.05, 0) is 6.92 Å². The number of hydrogen-bond acceptors (Lipinski definition) is 11. The Kier molecular flexibility index (Phi) is 7.48. The van der Waals surface area contributed by atoms with Gasteiger partial charge in [0.15, 0.2) is 23.3 Å². The van der Waals surface area contributed by atoms with E-state index in [9.17, 15) is 47.3 Å². The fourth-order valence-electron chi connectivity index (χ4n) is 3.19. The topological polar surface area (TPSA) is 260 Å². The molecule has 0 amide bonds. The number of rotatable bonds is 8. The van der Waals surface area contributed by atoms with E-state index in [-0.39, 0.29) is 5.82 Å². The zero-order valence-corrected chi connectivity index (χ0v) is 20.6. The second-order valence-electron chi connectivity index (χ2n) is 7.15. The first-order valence-electron chi connectivity index (χ1n) is 10.4. The molecule has 2 aromatic rings. The van der Waals surface area contributed by atoms with Crippen LogP contribution in [0.1, 0.15) is 14.8 Å². The predicted molar refractivity (Wildman–Crippen MR) is 113 cm³/mol. The van der Waals surface area contributed by atoms with E-state index in [4.69, 9.17) is 17.3 Å². The molecule has 2 aromatic heterocycles. The molecule has 0 radical (unpaired) electrons. The smallest absolute Gasteiger partial charge is 0.386 e. The van der Waals surface area contributed by atoms with E-state index in [1.165, 1.54) is 6.92 Å². The summed E-state index contributed by atoms with van der Waals surface area (Å²) >= 11 is 0. The van der Waals surface area contributed by atoms with Gasteiger partial charge in [-0.25, -0.2) is 27.5 Å². The molecule has 7 N–H and O–H groups in total. The van der Waals surface area contributed by atoms with Crippen molar-refractivity contribution in [2.45, 2.75) is 31.0 Å². The van der Waals surface area contributed by atoms with Gasteiger partial charge in [-0.15, -0.1) is 0 Å². The second-order valence-corrected chi connectivity index (χ2v) is 11.5. The molecule has 0 spiro atoms. The number of nitrogens with one attached hydrogen (secondary N) is 1. The average molecular weight is 597 g/mol. The Morgan fingerprint density at radius 3 is 2.54 bits per heavy atom. The minimum absolute atomic E-state index is 0.0664. The van der Waals surface area contributed by atoms with Crippen LogP contribution in [0.3, 0.4) is 0 Å². The van der Waals surface area contributed by atoms with Crippen molar-refractivity contribution in [3.63, 3.8) is 0 Å². The van der Waals surface area contributed by atoms with Crippen molar-refractivity contribution in [1.82, 2.24) is 14.5 Å². The lowest BCUT2D eigenvalue weighted by Gasteiger charge is -2.26. The zero-order chi connectivity index (χ0) is 29.8. The predicted octanol–water partition coefficient (Wildman–Crippen LogP) is -0.522. The fourth-order valence-corrected chi connectivity index (χ4v) is 6.07. The van der Waals surface area contributed by atoms with Crippen molar-refractivity contribution >= 4 is 34.5 Å². The van der Waals surface area contributed by atoms with Crippen LogP contribution >= 0.6 is 23.5 Å². The Labute approximate surface area is 206 Å². The fraction of sp³-hybridized carbons (Fsp3) is 0.467. The Balaban J connectivity index is 2.05. The highest BCUT2D eigenvalue weighted by Crippen LogP contribution is 2.66. The number of hydrogen-bond donors (Lipinski definition) is 7. The van der Waals surface area contributed by atoms with Crippen molar-refractivity contribution in [3.8, 4) is 11.8 Å². The van der Waals surface area contributed by atoms with E-state index >= 15 is 0 Å². The first-order valence-corrected chi connectivity index (χ1v) is 13.9. The zero-order valence-electron chi connectivity index (χ0n) is 20.0. The third-order valence-electron chi connectivity index (χ3n) is 4.45. The lowest BCUT2D eigenvalue weighted by atomic mass is 9.94. The van der Waals surface area contributed by atoms with Crippen LogP contribution in [0.25, 0.3) is 11.0 Å². The number of aliphatic hydroxyl groups is 2. The summed E-state index contributed by atoms with van der Waals surface area (Å²) in [5.74, 6) is 2.33. The Morgan fingerprint density at radius 1 is 1.30 bits per heavy atom. The molecule has 3 heterocycles. The number of alkyl halides is 1. The highest BCUT2D eigenvalue weighted by atomic mass is 31.3. The molecular formula is C15H18F2N3O14P3. The minimum Gasteiger partial charge on any atom is -0.386 e. The first-order chi connectivity index (χ1) is 17.6. The van der Waals surface area contributed by atoms with Gasteiger partial charge < -0.3 is 39.5 Å². The molecule has 3 unspecified atom stereocenters. The summed E-state index contributed by atoms with van der Waals surface area (Å²) in [4.78, 5) is 54.4. The lowest BCUT2D eigenvalue weighted by molar-refractivity contribution is -0.0718. The third-order valence-corrected chi connectivity index (χ3v) is 8.12. The Morgan fingerprint density at radius 2 is 1.95 bits per heavy atom. The third kappa shape index (κ3) is 6.59. The maximum Gasteiger partial charge on any atom is 0.490 e. The van der Waals surface area contributed by atoms with Crippen LogP contribution in [0.5, 0.6) is 0 Å². The summed E-state index contributed by atoms with van der Waals surface area (Å²) in [7, 11) is -18.0. The highest BCUT2D eigenvalue weighted by Gasteiger charge is 2.57. The molecule has 206 valence electrons. The number of fused-ring (bicyclic) bond motifs is 1.